The van der Waals surface area contributed by atoms with Crippen LogP contribution in [0.15, 0.2) is 24.3 Å². The highest BCUT2D eigenvalue weighted by atomic mass is 16.5. The zero-order chi connectivity index (χ0) is 14.4. The van der Waals surface area contributed by atoms with Crippen molar-refractivity contribution in [2.45, 2.75) is 39.2 Å². The summed E-state index contributed by atoms with van der Waals surface area (Å²) in [5.41, 5.74) is 1.22. The maximum atomic E-state index is 10.1. The highest BCUT2D eigenvalue weighted by Gasteiger charge is 2.24. The van der Waals surface area contributed by atoms with Crippen LogP contribution in [0.3, 0.4) is 0 Å². The summed E-state index contributed by atoms with van der Waals surface area (Å²) in [6.07, 6.45) is 3.44. The summed E-state index contributed by atoms with van der Waals surface area (Å²) in [6, 6.07) is 7.96. The molecule has 1 aliphatic carbocycles. The van der Waals surface area contributed by atoms with Crippen molar-refractivity contribution in [3.63, 3.8) is 0 Å². The number of benzene rings is 1. The molecule has 1 unspecified atom stereocenters. The van der Waals surface area contributed by atoms with Gasteiger partial charge in [-0.05, 0) is 50.8 Å². The number of rotatable bonds is 9. The van der Waals surface area contributed by atoms with Crippen molar-refractivity contribution in [2.24, 2.45) is 5.92 Å². The lowest BCUT2D eigenvalue weighted by Gasteiger charge is -2.24. The Balaban J connectivity index is 1.72. The Morgan fingerprint density at radius 2 is 2.00 bits per heavy atom. The lowest BCUT2D eigenvalue weighted by atomic mass is 10.2. The molecule has 0 bridgehead atoms. The predicted molar refractivity (Wildman–Crippen MR) is 82.1 cm³/mol. The lowest BCUT2D eigenvalue weighted by Crippen LogP contribution is -2.37. The number of aryl methyl sites for hydroxylation is 1. The fourth-order valence-electron chi connectivity index (χ4n) is 2.42. The largest absolute Gasteiger partial charge is 0.491 e. The quantitative estimate of drug-likeness (QED) is 0.753. The molecule has 3 heteroatoms. The number of aliphatic hydroxyl groups is 1. The van der Waals surface area contributed by atoms with Gasteiger partial charge in [-0.3, -0.25) is 0 Å². The first kappa shape index (κ1) is 15.3. The van der Waals surface area contributed by atoms with Crippen molar-refractivity contribution in [1.82, 2.24) is 4.90 Å². The molecule has 20 heavy (non-hydrogen) atoms. The lowest BCUT2D eigenvalue weighted by molar-refractivity contribution is 0.0665. The first-order chi connectivity index (χ1) is 9.67. The van der Waals surface area contributed by atoms with E-state index in [2.05, 4.69) is 18.7 Å². The standard InChI is InChI=1S/C17H27NO2/c1-3-10-18(11-15-6-7-15)12-16(19)13-20-17-8-4-14(2)5-9-17/h4-5,8-9,15-16,19H,3,6-7,10-13H2,1-2H3. The van der Waals surface area contributed by atoms with Crippen molar-refractivity contribution >= 4 is 0 Å². The van der Waals surface area contributed by atoms with Crippen LogP contribution in [0.2, 0.25) is 0 Å². The summed E-state index contributed by atoms with van der Waals surface area (Å²) in [4.78, 5) is 2.38. The summed E-state index contributed by atoms with van der Waals surface area (Å²) in [6.45, 7) is 7.53. The molecule has 0 aromatic heterocycles. The molecule has 2 rings (SSSR count). The Hall–Kier alpha value is -1.06. The molecule has 1 N–H and O–H groups in total. The predicted octanol–water partition coefficient (Wildman–Crippen LogP) is 2.86. The average molecular weight is 277 g/mol. The van der Waals surface area contributed by atoms with Crippen LogP contribution in [0.5, 0.6) is 5.75 Å². The third-order valence-corrected chi connectivity index (χ3v) is 3.69. The van der Waals surface area contributed by atoms with Crippen LogP contribution < -0.4 is 4.74 Å². The normalized spacial score (nSPS) is 16.4. The van der Waals surface area contributed by atoms with E-state index in [0.29, 0.717) is 6.61 Å². The van der Waals surface area contributed by atoms with Gasteiger partial charge in [-0.2, -0.15) is 0 Å². The van der Waals surface area contributed by atoms with E-state index in [1.165, 1.54) is 18.4 Å². The van der Waals surface area contributed by atoms with Gasteiger partial charge in [-0.1, -0.05) is 24.6 Å². The average Bonchev–Trinajstić information content (AvgIpc) is 3.22. The van der Waals surface area contributed by atoms with E-state index in [0.717, 1.165) is 37.7 Å². The number of hydrogen-bond acceptors (Lipinski definition) is 3. The zero-order valence-electron chi connectivity index (χ0n) is 12.7. The Kier molecular flexibility index (Phi) is 5.86. The SMILES string of the molecule is CCCN(CC(O)COc1ccc(C)cc1)CC1CC1. The molecule has 1 aromatic carbocycles. The molecule has 1 saturated carbocycles. The van der Waals surface area contributed by atoms with E-state index in [9.17, 15) is 5.11 Å². The highest BCUT2D eigenvalue weighted by Crippen LogP contribution is 2.29. The van der Waals surface area contributed by atoms with Crippen molar-refractivity contribution in [1.29, 1.82) is 0 Å². The second-order valence-electron chi connectivity index (χ2n) is 5.98. The third kappa shape index (κ3) is 5.51. The molecule has 0 heterocycles. The topological polar surface area (TPSA) is 32.7 Å². The maximum absolute atomic E-state index is 10.1. The van der Waals surface area contributed by atoms with Crippen LogP contribution in [0.25, 0.3) is 0 Å². The van der Waals surface area contributed by atoms with Gasteiger partial charge in [0.15, 0.2) is 0 Å². The zero-order valence-corrected chi connectivity index (χ0v) is 12.7. The van der Waals surface area contributed by atoms with Crippen LogP contribution in [0.1, 0.15) is 31.7 Å². The van der Waals surface area contributed by atoms with Crippen LogP contribution in [0.4, 0.5) is 0 Å². The first-order valence-electron chi connectivity index (χ1n) is 7.77. The minimum absolute atomic E-state index is 0.369. The van der Waals surface area contributed by atoms with Crippen molar-refractivity contribution in [3.05, 3.63) is 29.8 Å². The second-order valence-corrected chi connectivity index (χ2v) is 5.98. The van der Waals surface area contributed by atoms with Crippen LogP contribution in [0, 0.1) is 12.8 Å². The Labute approximate surface area is 122 Å². The number of hydrogen-bond donors (Lipinski definition) is 1. The van der Waals surface area contributed by atoms with Crippen LogP contribution in [-0.2, 0) is 0 Å². The molecule has 0 saturated heterocycles. The molecule has 1 fully saturated rings. The van der Waals surface area contributed by atoms with E-state index in [1.54, 1.807) is 0 Å². The monoisotopic (exact) mass is 277 g/mol. The highest BCUT2D eigenvalue weighted by molar-refractivity contribution is 5.26. The number of nitrogens with zero attached hydrogens (tertiary/aromatic N) is 1. The van der Waals surface area contributed by atoms with Gasteiger partial charge in [0, 0.05) is 13.1 Å². The Bertz CT molecular complexity index is 386. The molecule has 1 atom stereocenters. The molecule has 0 spiro atoms. The third-order valence-electron chi connectivity index (χ3n) is 3.69. The van der Waals surface area contributed by atoms with E-state index >= 15 is 0 Å². The van der Waals surface area contributed by atoms with E-state index < -0.39 is 6.10 Å². The maximum Gasteiger partial charge on any atom is 0.119 e. The summed E-state index contributed by atoms with van der Waals surface area (Å²) in [5.74, 6) is 1.70. The minimum Gasteiger partial charge on any atom is -0.491 e. The molecule has 0 amide bonds. The smallest absolute Gasteiger partial charge is 0.119 e. The van der Waals surface area contributed by atoms with Gasteiger partial charge in [0.25, 0.3) is 0 Å². The van der Waals surface area contributed by atoms with Crippen molar-refractivity contribution in [2.75, 3.05) is 26.2 Å². The molecule has 1 aromatic rings. The van der Waals surface area contributed by atoms with Gasteiger partial charge in [0.2, 0.25) is 0 Å². The minimum atomic E-state index is -0.415. The van der Waals surface area contributed by atoms with Crippen LogP contribution in [-0.4, -0.2) is 42.4 Å². The molecule has 112 valence electrons. The molecule has 0 aliphatic heterocycles. The fourth-order valence-corrected chi connectivity index (χ4v) is 2.42. The van der Waals surface area contributed by atoms with Gasteiger partial charge in [-0.15, -0.1) is 0 Å². The summed E-state index contributed by atoms with van der Waals surface area (Å²) in [7, 11) is 0. The van der Waals surface area contributed by atoms with Gasteiger partial charge >= 0.3 is 0 Å². The van der Waals surface area contributed by atoms with Gasteiger partial charge in [-0.25, -0.2) is 0 Å². The second kappa shape index (κ2) is 7.65. The summed E-state index contributed by atoms with van der Waals surface area (Å²) in [5, 5.41) is 10.1. The van der Waals surface area contributed by atoms with Crippen molar-refractivity contribution < 1.29 is 9.84 Å². The number of aliphatic hydroxyl groups excluding tert-OH is 1. The Morgan fingerprint density at radius 3 is 2.60 bits per heavy atom. The molecule has 0 radical (unpaired) electrons. The number of ether oxygens (including phenoxy) is 1. The first-order valence-corrected chi connectivity index (χ1v) is 7.77. The summed E-state index contributed by atoms with van der Waals surface area (Å²) >= 11 is 0. The van der Waals surface area contributed by atoms with Crippen LogP contribution >= 0.6 is 0 Å². The van der Waals surface area contributed by atoms with Gasteiger partial charge in [0.05, 0.1) is 0 Å². The van der Waals surface area contributed by atoms with Crippen molar-refractivity contribution in [3.8, 4) is 5.75 Å². The molecule has 3 nitrogen and oxygen atoms in total. The van der Waals surface area contributed by atoms with E-state index in [-0.39, 0.29) is 0 Å². The van der Waals surface area contributed by atoms with Gasteiger partial charge < -0.3 is 14.7 Å². The Morgan fingerprint density at radius 1 is 1.30 bits per heavy atom. The van der Waals surface area contributed by atoms with Gasteiger partial charge in [0.1, 0.15) is 18.5 Å². The molecular formula is C17H27NO2. The van der Waals surface area contributed by atoms with E-state index in [4.69, 9.17) is 4.74 Å². The van der Waals surface area contributed by atoms with E-state index in [1.807, 2.05) is 24.3 Å². The molecule has 1 aliphatic rings. The fraction of sp³-hybridized carbons (Fsp3) is 0.647. The molecular weight excluding hydrogens is 250 g/mol. The summed E-state index contributed by atoms with van der Waals surface area (Å²) < 4.78 is 5.65.